The number of ketones is 1. The van der Waals surface area contributed by atoms with Crippen LogP contribution in [0.5, 0.6) is 0 Å². The number of hydrogen-bond acceptors (Lipinski definition) is 6. The number of primary amides is 1. The Balaban J connectivity index is 2.55. The van der Waals surface area contributed by atoms with Gasteiger partial charge in [-0.3, -0.25) is 28.4 Å². The number of aromatic nitrogens is 2. The van der Waals surface area contributed by atoms with Crippen molar-refractivity contribution in [3.05, 3.63) is 62.3 Å². The quantitative estimate of drug-likeness (QED) is 0.534. The predicted molar refractivity (Wildman–Crippen MR) is 120 cm³/mol. The average molecular weight is 430 g/mol. The molecule has 31 heavy (non-hydrogen) atoms. The van der Waals surface area contributed by atoms with Crippen LogP contribution in [0.2, 0.25) is 0 Å². The third-order valence-electron chi connectivity index (χ3n) is 5.32. The molecule has 0 aliphatic heterocycles. The molecule has 1 amide bonds. The minimum Gasteiger partial charge on any atom is -0.384 e. The number of anilines is 1. The fourth-order valence-electron chi connectivity index (χ4n) is 3.78. The Morgan fingerprint density at radius 2 is 1.68 bits per heavy atom. The summed E-state index contributed by atoms with van der Waals surface area (Å²) in [4.78, 5) is 52.5. The summed E-state index contributed by atoms with van der Waals surface area (Å²) in [5, 5.41) is 0. The summed E-state index contributed by atoms with van der Waals surface area (Å²) in [7, 11) is 0. The van der Waals surface area contributed by atoms with Crippen LogP contribution in [0.4, 0.5) is 5.82 Å². The summed E-state index contributed by atoms with van der Waals surface area (Å²) in [6.45, 7) is 7.51. The number of nitrogen functional groups attached to an aromatic ring is 1. The Morgan fingerprint density at radius 1 is 1.06 bits per heavy atom. The van der Waals surface area contributed by atoms with Crippen molar-refractivity contribution in [3.8, 4) is 0 Å². The number of carbonyl (C=O) groups is 2. The van der Waals surface area contributed by atoms with Gasteiger partial charge in [-0.25, -0.2) is 4.79 Å². The highest BCUT2D eigenvalue weighted by atomic mass is 16.2. The second-order valence-corrected chi connectivity index (χ2v) is 7.74. The molecule has 0 bridgehead atoms. The largest absolute Gasteiger partial charge is 0.384 e. The van der Waals surface area contributed by atoms with Crippen LogP contribution in [0.25, 0.3) is 0 Å². The highest BCUT2D eigenvalue weighted by Crippen LogP contribution is 2.14. The fraction of sp³-hybridized carbons (Fsp3) is 0.455. The summed E-state index contributed by atoms with van der Waals surface area (Å²) in [6.07, 6.45) is 0. The summed E-state index contributed by atoms with van der Waals surface area (Å²) in [5.74, 6) is -1.40. The van der Waals surface area contributed by atoms with Gasteiger partial charge in [0.25, 0.3) is 5.56 Å². The molecule has 0 radical (unpaired) electrons. The Morgan fingerprint density at radius 3 is 2.16 bits per heavy atom. The number of likely N-dealkylation sites (N-methyl/N-ethyl adjacent to an activating group) is 1. The van der Waals surface area contributed by atoms with E-state index in [2.05, 4.69) is 0 Å². The third kappa shape index (κ3) is 5.11. The first-order chi connectivity index (χ1) is 14.6. The average Bonchev–Trinajstić information content (AvgIpc) is 2.71. The monoisotopic (exact) mass is 429 g/mol. The zero-order chi connectivity index (χ0) is 23.3. The van der Waals surface area contributed by atoms with E-state index in [1.165, 1.54) is 4.57 Å². The number of Topliss-reactive ketones (excluding diaryl/α,β-unsaturated/α-hetero) is 1. The lowest BCUT2D eigenvalue weighted by atomic mass is 10.0. The smallest absolute Gasteiger partial charge is 0.332 e. The highest BCUT2D eigenvalue weighted by Gasteiger charge is 2.30. The summed E-state index contributed by atoms with van der Waals surface area (Å²) in [6, 6.07) is 8.49. The van der Waals surface area contributed by atoms with Crippen molar-refractivity contribution in [2.45, 2.75) is 46.8 Å². The van der Waals surface area contributed by atoms with Crippen molar-refractivity contribution in [1.82, 2.24) is 14.0 Å². The van der Waals surface area contributed by atoms with Crippen LogP contribution < -0.4 is 22.7 Å². The normalized spacial score (nSPS) is 12.3. The van der Waals surface area contributed by atoms with Crippen LogP contribution in [0, 0.1) is 5.92 Å². The van der Waals surface area contributed by atoms with Crippen molar-refractivity contribution >= 4 is 17.5 Å². The van der Waals surface area contributed by atoms with Gasteiger partial charge in [-0.1, -0.05) is 51.1 Å². The van der Waals surface area contributed by atoms with E-state index in [0.717, 1.165) is 10.1 Å². The molecule has 0 fully saturated rings. The van der Waals surface area contributed by atoms with E-state index in [1.807, 2.05) is 44.2 Å². The first-order valence-electron chi connectivity index (χ1n) is 10.4. The van der Waals surface area contributed by atoms with Gasteiger partial charge in [0.2, 0.25) is 5.91 Å². The standard InChI is InChI=1S/C22H31N5O4/c1-5-25(18(14(3)4)20(24)29)13-16(28)17-19(23)27(12-15-10-8-7-9-11-15)22(31)26(6-2)21(17)30/h7-11,14,18H,5-6,12-13,23H2,1-4H3,(H2,24,29). The molecule has 9 nitrogen and oxygen atoms in total. The van der Waals surface area contributed by atoms with Crippen molar-refractivity contribution in [1.29, 1.82) is 0 Å². The molecule has 0 saturated carbocycles. The number of hydrogen-bond donors (Lipinski definition) is 2. The summed E-state index contributed by atoms with van der Waals surface area (Å²) >= 11 is 0. The maximum atomic E-state index is 13.2. The van der Waals surface area contributed by atoms with Gasteiger partial charge in [-0.2, -0.15) is 0 Å². The molecule has 1 heterocycles. The van der Waals surface area contributed by atoms with Gasteiger partial charge >= 0.3 is 5.69 Å². The lowest BCUT2D eigenvalue weighted by Crippen LogP contribution is -2.51. The van der Waals surface area contributed by atoms with Crippen molar-refractivity contribution in [2.75, 3.05) is 18.8 Å². The molecule has 1 atom stereocenters. The molecule has 4 N–H and O–H groups in total. The molecule has 1 aromatic carbocycles. The van der Waals surface area contributed by atoms with Gasteiger partial charge in [0.1, 0.15) is 11.4 Å². The molecule has 0 aliphatic rings. The Hall–Kier alpha value is -3.20. The highest BCUT2D eigenvalue weighted by molar-refractivity contribution is 6.01. The van der Waals surface area contributed by atoms with Gasteiger partial charge in [0.15, 0.2) is 5.78 Å². The minimum absolute atomic E-state index is 0.0976. The molecule has 1 aromatic heterocycles. The number of benzene rings is 1. The number of amides is 1. The Bertz CT molecular complexity index is 1060. The summed E-state index contributed by atoms with van der Waals surface area (Å²) in [5.41, 5.74) is 11.0. The predicted octanol–water partition coefficient (Wildman–Crippen LogP) is 0.675. The first-order valence-corrected chi connectivity index (χ1v) is 10.4. The van der Waals surface area contributed by atoms with Crippen LogP contribution in [-0.2, 0) is 17.9 Å². The van der Waals surface area contributed by atoms with E-state index in [9.17, 15) is 19.2 Å². The van der Waals surface area contributed by atoms with E-state index in [1.54, 1.807) is 18.7 Å². The molecular formula is C22H31N5O4. The van der Waals surface area contributed by atoms with E-state index >= 15 is 0 Å². The van der Waals surface area contributed by atoms with Crippen molar-refractivity contribution < 1.29 is 9.59 Å². The fourth-order valence-corrected chi connectivity index (χ4v) is 3.78. The van der Waals surface area contributed by atoms with E-state index in [-0.39, 0.29) is 36.9 Å². The van der Waals surface area contributed by atoms with Crippen molar-refractivity contribution in [3.63, 3.8) is 0 Å². The second-order valence-electron chi connectivity index (χ2n) is 7.74. The maximum Gasteiger partial charge on any atom is 0.332 e. The maximum absolute atomic E-state index is 13.2. The molecular weight excluding hydrogens is 398 g/mol. The lowest BCUT2D eigenvalue weighted by molar-refractivity contribution is -0.124. The Labute approximate surface area is 181 Å². The first kappa shape index (κ1) is 24.1. The lowest BCUT2D eigenvalue weighted by Gasteiger charge is -2.30. The van der Waals surface area contributed by atoms with E-state index in [0.29, 0.717) is 6.54 Å². The van der Waals surface area contributed by atoms with Crippen LogP contribution in [0.1, 0.15) is 43.6 Å². The van der Waals surface area contributed by atoms with Gasteiger partial charge in [0, 0.05) is 6.54 Å². The molecule has 2 rings (SSSR count). The minimum atomic E-state index is -0.726. The molecule has 0 spiro atoms. The van der Waals surface area contributed by atoms with Gasteiger partial charge in [-0.05, 0) is 24.9 Å². The number of rotatable bonds is 10. The number of carbonyl (C=O) groups excluding carboxylic acids is 2. The SMILES string of the molecule is CCN(CC(=O)c1c(N)n(Cc2ccccc2)c(=O)n(CC)c1=O)C(C(N)=O)C(C)C. The molecule has 2 aromatic rings. The van der Waals surface area contributed by atoms with Gasteiger partial charge in [0.05, 0.1) is 19.1 Å². The molecule has 9 heteroatoms. The van der Waals surface area contributed by atoms with Crippen LogP contribution in [-0.4, -0.2) is 44.9 Å². The van der Waals surface area contributed by atoms with Crippen LogP contribution >= 0.6 is 0 Å². The van der Waals surface area contributed by atoms with Crippen LogP contribution in [0.15, 0.2) is 39.9 Å². The van der Waals surface area contributed by atoms with Crippen LogP contribution in [0.3, 0.4) is 0 Å². The zero-order valence-electron chi connectivity index (χ0n) is 18.5. The van der Waals surface area contributed by atoms with E-state index in [4.69, 9.17) is 11.5 Å². The molecule has 0 saturated heterocycles. The zero-order valence-corrected chi connectivity index (χ0v) is 18.5. The van der Waals surface area contributed by atoms with Crippen molar-refractivity contribution in [2.24, 2.45) is 11.7 Å². The van der Waals surface area contributed by atoms with Gasteiger partial charge in [-0.15, -0.1) is 0 Å². The van der Waals surface area contributed by atoms with E-state index < -0.39 is 29.0 Å². The second kappa shape index (κ2) is 10.2. The molecule has 0 aliphatic carbocycles. The van der Waals surface area contributed by atoms with Gasteiger partial charge < -0.3 is 11.5 Å². The topological polar surface area (TPSA) is 133 Å². The number of nitrogens with zero attached hydrogens (tertiary/aromatic N) is 3. The molecule has 1 unspecified atom stereocenters. The number of nitrogens with two attached hydrogens (primary N) is 2. The third-order valence-corrected chi connectivity index (χ3v) is 5.32. The Kier molecular flexibility index (Phi) is 7.93. The summed E-state index contributed by atoms with van der Waals surface area (Å²) < 4.78 is 2.23. The molecule has 168 valence electrons.